The van der Waals surface area contributed by atoms with Crippen molar-refractivity contribution in [3.05, 3.63) is 41.8 Å². The van der Waals surface area contributed by atoms with Crippen LogP contribution in [0.1, 0.15) is 24.3 Å². The zero-order valence-corrected chi connectivity index (χ0v) is 13.9. The SMILES string of the molecule is CC1NCCN(C(=O)c2cc(-c3ccc(F)cc3)n[nH]2)C1C.Cl. The van der Waals surface area contributed by atoms with Crippen LogP contribution >= 0.6 is 12.4 Å². The number of aromatic nitrogens is 2. The minimum absolute atomic E-state index is 0. The van der Waals surface area contributed by atoms with Gasteiger partial charge in [0.1, 0.15) is 11.5 Å². The number of H-pyrrole nitrogens is 1. The molecule has 1 aliphatic heterocycles. The Morgan fingerprint density at radius 1 is 1.30 bits per heavy atom. The number of nitrogens with zero attached hydrogens (tertiary/aromatic N) is 2. The van der Waals surface area contributed by atoms with Gasteiger partial charge in [-0.2, -0.15) is 5.10 Å². The van der Waals surface area contributed by atoms with Crippen LogP contribution in [-0.2, 0) is 0 Å². The Kier molecular flexibility index (Phi) is 5.38. The average molecular weight is 339 g/mol. The van der Waals surface area contributed by atoms with Crippen LogP contribution in [0.4, 0.5) is 4.39 Å². The van der Waals surface area contributed by atoms with Crippen molar-refractivity contribution in [1.29, 1.82) is 0 Å². The molecule has 1 aliphatic rings. The lowest BCUT2D eigenvalue weighted by molar-refractivity contribution is 0.0597. The molecule has 2 atom stereocenters. The lowest BCUT2D eigenvalue weighted by Crippen LogP contribution is -2.57. The molecular weight excluding hydrogens is 319 g/mol. The molecule has 0 bridgehead atoms. The minimum Gasteiger partial charge on any atom is -0.332 e. The monoisotopic (exact) mass is 338 g/mol. The van der Waals surface area contributed by atoms with Crippen molar-refractivity contribution < 1.29 is 9.18 Å². The van der Waals surface area contributed by atoms with Gasteiger partial charge in [-0.05, 0) is 44.2 Å². The van der Waals surface area contributed by atoms with E-state index in [-0.39, 0.29) is 36.2 Å². The smallest absolute Gasteiger partial charge is 0.272 e. The van der Waals surface area contributed by atoms with Gasteiger partial charge in [0, 0.05) is 30.7 Å². The number of halogens is 2. The summed E-state index contributed by atoms with van der Waals surface area (Å²) in [6, 6.07) is 8.16. The second-order valence-electron chi connectivity index (χ2n) is 5.66. The van der Waals surface area contributed by atoms with Gasteiger partial charge in [-0.15, -0.1) is 12.4 Å². The molecule has 2 unspecified atom stereocenters. The quantitative estimate of drug-likeness (QED) is 0.884. The van der Waals surface area contributed by atoms with Crippen molar-refractivity contribution in [2.24, 2.45) is 0 Å². The van der Waals surface area contributed by atoms with Gasteiger partial charge >= 0.3 is 0 Å². The van der Waals surface area contributed by atoms with E-state index in [9.17, 15) is 9.18 Å². The molecule has 0 radical (unpaired) electrons. The van der Waals surface area contributed by atoms with Gasteiger partial charge in [-0.1, -0.05) is 0 Å². The van der Waals surface area contributed by atoms with Crippen LogP contribution in [0.25, 0.3) is 11.3 Å². The van der Waals surface area contributed by atoms with Crippen LogP contribution in [0.2, 0.25) is 0 Å². The maximum absolute atomic E-state index is 13.0. The highest BCUT2D eigenvalue weighted by Gasteiger charge is 2.29. The molecule has 1 aromatic carbocycles. The summed E-state index contributed by atoms with van der Waals surface area (Å²) in [7, 11) is 0. The van der Waals surface area contributed by atoms with Crippen LogP contribution < -0.4 is 5.32 Å². The van der Waals surface area contributed by atoms with E-state index in [1.54, 1.807) is 18.2 Å². The fourth-order valence-corrected chi connectivity index (χ4v) is 2.70. The van der Waals surface area contributed by atoms with E-state index in [1.165, 1.54) is 12.1 Å². The van der Waals surface area contributed by atoms with E-state index in [0.29, 0.717) is 17.9 Å². The van der Waals surface area contributed by atoms with Gasteiger partial charge in [0.15, 0.2) is 0 Å². The Morgan fingerprint density at radius 2 is 2.00 bits per heavy atom. The highest BCUT2D eigenvalue weighted by Crippen LogP contribution is 2.20. The number of hydrogen-bond acceptors (Lipinski definition) is 3. The fourth-order valence-electron chi connectivity index (χ4n) is 2.70. The largest absolute Gasteiger partial charge is 0.332 e. The first-order valence-corrected chi connectivity index (χ1v) is 7.42. The summed E-state index contributed by atoms with van der Waals surface area (Å²) in [6.45, 7) is 5.57. The molecule has 1 saturated heterocycles. The maximum Gasteiger partial charge on any atom is 0.272 e. The Bertz CT molecular complexity index is 673. The van der Waals surface area contributed by atoms with Crippen molar-refractivity contribution in [2.75, 3.05) is 13.1 Å². The molecule has 1 fully saturated rings. The van der Waals surface area contributed by atoms with Crippen molar-refractivity contribution in [3.63, 3.8) is 0 Å². The van der Waals surface area contributed by atoms with Crippen molar-refractivity contribution in [2.45, 2.75) is 25.9 Å². The van der Waals surface area contributed by atoms with Crippen LogP contribution in [0.15, 0.2) is 30.3 Å². The molecule has 0 saturated carbocycles. The van der Waals surface area contributed by atoms with E-state index in [0.717, 1.165) is 12.1 Å². The number of piperazine rings is 1. The predicted molar refractivity (Wildman–Crippen MR) is 89.2 cm³/mol. The third-order valence-electron chi connectivity index (χ3n) is 4.24. The van der Waals surface area contributed by atoms with Crippen LogP contribution in [0, 0.1) is 5.82 Å². The molecule has 0 spiro atoms. The number of hydrogen-bond donors (Lipinski definition) is 2. The summed E-state index contributed by atoms with van der Waals surface area (Å²) in [6.07, 6.45) is 0. The molecule has 0 aliphatic carbocycles. The standard InChI is InChI=1S/C16H19FN4O.ClH/c1-10-11(2)21(8-7-18-10)16(22)15-9-14(19-20-15)12-3-5-13(17)6-4-12;/h3-6,9-11,18H,7-8H2,1-2H3,(H,19,20);1H. The second-order valence-corrected chi connectivity index (χ2v) is 5.66. The van der Waals surface area contributed by atoms with Gasteiger partial charge in [-0.25, -0.2) is 4.39 Å². The number of rotatable bonds is 2. The summed E-state index contributed by atoms with van der Waals surface area (Å²) in [5, 5.41) is 10.3. The maximum atomic E-state index is 13.0. The number of nitrogens with one attached hydrogen (secondary N) is 2. The Balaban J connectivity index is 0.00000192. The first-order valence-electron chi connectivity index (χ1n) is 7.42. The zero-order valence-electron chi connectivity index (χ0n) is 13.0. The number of aromatic amines is 1. The molecule has 1 aromatic heterocycles. The summed E-state index contributed by atoms with van der Waals surface area (Å²) in [5.74, 6) is -0.346. The topological polar surface area (TPSA) is 61.0 Å². The number of carbonyl (C=O) groups excluding carboxylic acids is 1. The first-order chi connectivity index (χ1) is 10.6. The van der Waals surface area contributed by atoms with E-state index in [4.69, 9.17) is 0 Å². The normalized spacial score (nSPS) is 20.9. The van der Waals surface area contributed by atoms with Crippen LogP contribution in [0.5, 0.6) is 0 Å². The first kappa shape index (κ1) is 17.4. The zero-order chi connectivity index (χ0) is 15.7. The van der Waals surface area contributed by atoms with Crippen LogP contribution in [0.3, 0.4) is 0 Å². The highest BCUT2D eigenvalue weighted by atomic mass is 35.5. The van der Waals surface area contributed by atoms with E-state index in [1.807, 2.05) is 11.8 Å². The molecule has 124 valence electrons. The van der Waals surface area contributed by atoms with Crippen molar-refractivity contribution in [1.82, 2.24) is 20.4 Å². The van der Waals surface area contributed by atoms with Gasteiger partial charge in [0.25, 0.3) is 5.91 Å². The second kappa shape index (κ2) is 7.10. The number of benzene rings is 1. The molecule has 2 N–H and O–H groups in total. The van der Waals surface area contributed by atoms with E-state index < -0.39 is 0 Å². The van der Waals surface area contributed by atoms with E-state index in [2.05, 4.69) is 22.4 Å². The molecule has 7 heteroatoms. The Hall–Kier alpha value is -1.92. The average Bonchev–Trinajstić information content (AvgIpc) is 3.00. The fraction of sp³-hybridized carbons (Fsp3) is 0.375. The lowest BCUT2D eigenvalue weighted by atomic mass is 10.1. The number of amides is 1. The van der Waals surface area contributed by atoms with E-state index >= 15 is 0 Å². The molecule has 1 amide bonds. The summed E-state index contributed by atoms with van der Waals surface area (Å²) < 4.78 is 13.0. The number of carbonyl (C=O) groups is 1. The molecule has 3 rings (SSSR count). The van der Waals surface area contributed by atoms with Gasteiger partial charge < -0.3 is 10.2 Å². The van der Waals surface area contributed by atoms with Crippen molar-refractivity contribution >= 4 is 18.3 Å². The molecule has 2 aromatic rings. The van der Waals surface area contributed by atoms with Gasteiger partial charge in [0.05, 0.1) is 5.69 Å². The Labute approximate surface area is 140 Å². The van der Waals surface area contributed by atoms with Crippen LogP contribution in [-0.4, -0.2) is 46.2 Å². The summed E-state index contributed by atoms with van der Waals surface area (Å²) >= 11 is 0. The van der Waals surface area contributed by atoms with Crippen molar-refractivity contribution in [3.8, 4) is 11.3 Å². The molecule has 23 heavy (non-hydrogen) atoms. The van der Waals surface area contributed by atoms with Gasteiger partial charge in [-0.3, -0.25) is 9.89 Å². The molecular formula is C16H20ClFN4O. The Morgan fingerprint density at radius 3 is 2.70 bits per heavy atom. The molecule has 5 nitrogen and oxygen atoms in total. The third-order valence-corrected chi connectivity index (χ3v) is 4.24. The predicted octanol–water partition coefficient (Wildman–Crippen LogP) is 2.46. The minimum atomic E-state index is -0.292. The summed E-state index contributed by atoms with van der Waals surface area (Å²) in [4.78, 5) is 14.5. The molecule has 2 heterocycles. The highest BCUT2D eigenvalue weighted by molar-refractivity contribution is 5.93. The third kappa shape index (κ3) is 3.54. The van der Waals surface area contributed by atoms with Gasteiger partial charge in [0.2, 0.25) is 0 Å². The lowest BCUT2D eigenvalue weighted by Gasteiger charge is -2.38. The summed E-state index contributed by atoms with van der Waals surface area (Å²) in [5.41, 5.74) is 1.87.